The number of benzene rings is 1. The van der Waals surface area contributed by atoms with Crippen LogP contribution in [0.4, 0.5) is 4.39 Å². The number of halogens is 3. The molecule has 1 aromatic rings. The predicted molar refractivity (Wildman–Crippen MR) is 99.4 cm³/mol. The first-order valence-electron chi connectivity index (χ1n) is 8.20. The van der Waals surface area contributed by atoms with Crippen LogP contribution in [-0.4, -0.2) is 43.2 Å². The molecule has 0 aromatic heterocycles. The van der Waals surface area contributed by atoms with E-state index in [1.54, 1.807) is 6.07 Å². The molecule has 1 aliphatic heterocycles. The smallest absolute Gasteiger partial charge is 0.282 e. The highest BCUT2D eigenvalue weighted by atomic mass is 35.5. The van der Waals surface area contributed by atoms with Crippen molar-refractivity contribution in [3.63, 3.8) is 0 Å². The maximum Gasteiger partial charge on any atom is 0.282 e. The SMILES string of the molecule is CN(Cc1c(F)cccc1Cl)S(=O)(=O)N1CC2CCCC(N)C2C1.Cl. The van der Waals surface area contributed by atoms with Gasteiger partial charge < -0.3 is 5.73 Å². The molecule has 0 spiro atoms. The maximum absolute atomic E-state index is 13.9. The number of nitrogens with zero attached hydrogens (tertiary/aromatic N) is 2. The second-order valence-corrected chi connectivity index (χ2v) is 9.24. The van der Waals surface area contributed by atoms with Gasteiger partial charge >= 0.3 is 0 Å². The zero-order chi connectivity index (χ0) is 17.5. The Morgan fingerprint density at radius 3 is 2.72 bits per heavy atom. The van der Waals surface area contributed by atoms with Gasteiger partial charge in [-0.1, -0.05) is 24.1 Å². The average Bonchev–Trinajstić information content (AvgIpc) is 2.97. The van der Waals surface area contributed by atoms with Gasteiger partial charge in [-0.25, -0.2) is 4.39 Å². The molecule has 1 saturated carbocycles. The fraction of sp³-hybridized carbons (Fsp3) is 0.625. The van der Waals surface area contributed by atoms with E-state index in [-0.39, 0.29) is 41.5 Å². The monoisotopic (exact) mass is 411 g/mol. The van der Waals surface area contributed by atoms with Crippen LogP contribution in [0.25, 0.3) is 0 Å². The molecule has 3 rings (SSSR count). The molecular formula is C16H24Cl2FN3O2S. The van der Waals surface area contributed by atoms with Gasteiger partial charge in [0.1, 0.15) is 5.82 Å². The van der Waals surface area contributed by atoms with Crippen molar-refractivity contribution in [1.82, 2.24) is 8.61 Å². The first kappa shape index (κ1) is 20.9. The van der Waals surface area contributed by atoms with Crippen molar-refractivity contribution in [1.29, 1.82) is 0 Å². The van der Waals surface area contributed by atoms with Gasteiger partial charge in [0.05, 0.1) is 0 Å². The van der Waals surface area contributed by atoms with Gasteiger partial charge in [-0.3, -0.25) is 0 Å². The van der Waals surface area contributed by atoms with Crippen LogP contribution in [0, 0.1) is 17.7 Å². The van der Waals surface area contributed by atoms with Crippen LogP contribution in [0.2, 0.25) is 5.02 Å². The van der Waals surface area contributed by atoms with E-state index in [0.717, 1.165) is 19.3 Å². The van der Waals surface area contributed by atoms with Crippen LogP contribution in [0.1, 0.15) is 24.8 Å². The van der Waals surface area contributed by atoms with Gasteiger partial charge in [0, 0.05) is 43.3 Å². The Kier molecular flexibility index (Phi) is 6.73. The largest absolute Gasteiger partial charge is 0.327 e. The maximum atomic E-state index is 13.9. The molecule has 0 amide bonds. The summed E-state index contributed by atoms with van der Waals surface area (Å²) < 4.78 is 42.3. The van der Waals surface area contributed by atoms with E-state index in [2.05, 4.69) is 0 Å². The number of rotatable bonds is 4. The summed E-state index contributed by atoms with van der Waals surface area (Å²) in [7, 11) is -2.21. The van der Waals surface area contributed by atoms with Crippen molar-refractivity contribution in [3.8, 4) is 0 Å². The third kappa shape index (κ3) is 4.12. The lowest BCUT2D eigenvalue weighted by atomic mass is 9.78. The van der Waals surface area contributed by atoms with E-state index in [4.69, 9.17) is 17.3 Å². The lowest BCUT2D eigenvalue weighted by Gasteiger charge is -2.29. The van der Waals surface area contributed by atoms with E-state index in [9.17, 15) is 12.8 Å². The number of hydrogen-bond donors (Lipinski definition) is 1. The Morgan fingerprint density at radius 2 is 2.08 bits per heavy atom. The predicted octanol–water partition coefficient (Wildman–Crippen LogP) is 2.64. The lowest BCUT2D eigenvalue weighted by Crippen LogP contribution is -2.42. The number of nitrogens with two attached hydrogens (primary N) is 1. The van der Waals surface area contributed by atoms with Crippen molar-refractivity contribution < 1.29 is 12.8 Å². The third-order valence-corrected chi connectivity index (χ3v) is 7.50. The molecular weight excluding hydrogens is 388 g/mol. The quantitative estimate of drug-likeness (QED) is 0.827. The van der Waals surface area contributed by atoms with E-state index in [1.165, 1.54) is 27.8 Å². The van der Waals surface area contributed by atoms with Gasteiger partial charge in [0.2, 0.25) is 0 Å². The lowest BCUT2D eigenvalue weighted by molar-refractivity contribution is 0.260. The molecule has 2 fully saturated rings. The molecule has 142 valence electrons. The molecule has 2 aliphatic rings. The summed E-state index contributed by atoms with van der Waals surface area (Å²) in [5.74, 6) is 0.0506. The molecule has 25 heavy (non-hydrogen) atoms. The minimum absolute atomic E-state index is 0. The van der Waals surface area contributed by atoms with Crippen LogP contribution < -0.4 is 5.73 Å². The summed E-state index contributed by atoms with van der Waals surface area (Å²) in [4.78, 5) is 0. The molecule has 9 heteroatoms. The van der Waals surface area contributed by atoms with Crippen LogP contribution in [0.5, 0.6) is 0 Å². The van der Waals surface area contributed by atoms with Crippen molar-refractivity contribution in [2.75, 3.05) is 20.1 Å². The summed E-state index contributed by atoms with van der Waals surface area (Å²) in [6.45, 7) is 0.852. The van der Waals surface area contributed by atoms with Crippen molar-refractivity contribution >= 4 is 34.2 Å². The van der Waals surface area contributed by atoms with Crippen molar-refractivity contribution in [2.24, 2.45) is 17.6 Å². The van der Waals surface area contributed by atoms with E-state index >= 15 is 0 Å². The molecule has 1 saturated heterocycles. The second-order valence-electron chi connectivity index (χ2n) is 6.80. The summed E-state index contributed by atoms with van der Waals surface area (Å²) in [6, 6.07) is 4.41. The Bertz CT molecular complexity index is 699. The highest BCUT2D eigenvalue weighted by Crippen LogP contribution is 2.37. The fourth-order valence-corrected chi connectivity index (χ4v) is 5.50. The van der Waals surface area contributed by atoms with Crippen LogP contribution in [0.15, 0.2) is 18.2 Å². The van der Waals surface area contributed by atoms with Crippen LogP contribution in [-0.2, 0) is 16.8 Å². The fourth-order valence-electron chi connectivity index (χ4n) is 3.85. The average molecular weight is 412 g/mol. The zero-order valence-electron chi connectivity index (χ0n) is 14.1. The molecule has 0 bridgehead atoms. The van der Waals surface area contributed by atoms with Gasteiger partial charge in [-0.15, -0.1) is 12.4 Å². The molecule has 1 aromatic carbocycles. The summed E-state index contributed by atoms with van der Waals surface area (Å²) in [6.07, 6.45) is 3.03. The zero-order valence-corrected chi connectivity index (χ0v) is 16.5. The normalized spacial score (nSPS) is 27.2. The Labute approximate surface area is 159 Å². The second kappa shape index (κ2) is 8.06. The van der Waals surface area contributed by atoms with E-state index in [0.29, 0.717) is 19.0 Å². The number of fused-ring (bicyclic) bond motifs is 1. The summed E-state index contributed by atoms with van der Waals surface area (Å²) in [5, 5.41) is 0.231. The third-order valence-electron chi connectivity index (χ3n) is 5.28. The Hall–Kier alpha value is -0.440. The molecule has 0 radical (unpaired) electrons. The minimum Gasteiger partial charge on any atom is -0.327 e. The first-order chi connectivity index (χ1) is 11.3. The van der Waals surface area contributed by atoms with Crippen LogP contribution in [0.3, 0.4) is 0 Å². The van der Waals surface area contributed by atoms with E-state index in [1.807, 2.05) is 0 Å². The Morgan fingerprint density at radius 1 is 1.36 bits per heavy atom. The number of hydrogen-bond acceptors (Lipinski definition) is 3. The highest BCUT2D eigenvalue weighted by molar-refractivity contribution is 7.86. The topological polar surface area (TPSA) is 66.6 Å². The molecule has 3 atom stereocenters. The molecule has 1 heterocycles. The molecule has 5 nitrogen and oxygen atoms in total. The van der Waals surface area contributed by atoms with Crippen LogP contribution >= 0.6 is 24.0 Å². The molecule has 1 aliphatic carbocycles. The van der Waals surface area contributed by atoms with Gasteiger partial charge in [0.25, 0.3) is 10.2 Å². The summed E-state index contributed by atoms with van der Waals surface area (Å²) >= 11 is 6.01. The van der Waals surface area contributed by atoms with Crippen molar-refractivity contribution in [3.05, 3.63) is 34.6 Å². The minimum atomic E-state index is -3.67. The standard InChI is InChI=1S/C16H23ClFN3O2S.ClH/c1-20(9-13-14(17)5-3-6-15(13)18)24(22,23)21-8-11-4-2-7-16(19)12(11)10-21;/h3,5-6,11-12,16H,2,4,7-10,19H2,1H3;1H. The first-order valence-corrected chi connectivity index (χ1v) is 9.98. The van der Waals surface area contributed by atoms with Gasteiger partial charge in [-0.05, 0) is 36.8 Å². The van der Waals surface area contributed by atoms with E-state index < -0.39 is 16.0 Å². The Balaban J connectivity index is 0.00000225. The summed E-state index contributed by atoms with van der Waals surface area (Å²) in [5.41, 5.74) is 6.36. The van der Waals surface area contributed by atoms with Gasteiger partial charge in [-0.2, -0.15) is 17.0 Å². The molecule has 3 unspecified atom stereocenters. The molecule has 2 N–H and O–H groups in total. The highest BCUT2D eigenvalue weighted by Gasteiger charge is 2.44. The van der Waals surface area contributed by atoms with Crippen molar-refractivity contribution in [2.45, 2.75) is 31.8 Å². The van der Waals surface area contributed by atoms with Gasteiger partial charge in [0.15, 0.2) is 0 Å².